The Morgan fingerprint density at radius 1 is 1.88 bits per heavy atom. The Labute approximate surface area is 63.5 Å². The van der Waals surface area contributed by atoms with Crippen LogP contribution < -0.4 is 5.09 Å². The molecule has 3 nitrogen and oxygen atoms in total. The number of amides is 1. The van der Waals surface area contributed by atoms with E-state index in [2.05, 4.69) is 14.5 Å². The van der Waals surface area contributed by atoms with Gasteiger partial charge in [0.15, 0.2) is 0 Å². The van der Waals surface area contributed by atoms with Crippen molar-refractivity contribution in [3.8, 4) is 0 Å². The third-order valence-electron chi connectivity index (χ3n) is 0.477. The van der Waals surface area contributed by atoms with Gasteiger partial charge in [0.2, 0.25) is 5.91 Å². The number of carbonyl (C=O) groups is 1. The average Bonchev–Trinajstić information content (AvgIpc) is 1.65. The van der Waals surface area contributed by atoms with Gasteiger partial charge in [-0.15, -0.1) is 0 Å². The molecule has 1 atom stereocenters. The molecule has 8 heavy (non-hydrogen) atoms. The van der Waals surface area contributed by atoms with E-state index in [1.54, 1.807) is 22.6 Å². The maximum atomic E-state index is 10.3. The van der Waals surface area contributed by atoms with E-state index in [-0.39, 0.29) is 12.3 Å². The van der Waals surface area contributed by atoms with Crippen molar-refractivity contribution in [2.75, 3.05) is 0 Å². The zero-order valence-corrected chi connectivity index (χ0v) is 7.38. The minimum atomic E-state index is -0.144. The van der Waals surface area contributed by atoms with Crippen molar-refractivity contribution in [2.45, 2.75) is 6.42 Å². The fourth-order valence-corrected chi connectivity index (χ4v) is 0.640. The summed E-state index contributed by atoms with van der Waals surface area (Å²) in [6.45, 7) is 0. The van der Waals surface area contributed by atoms with Gasteiger partial charge in [0, 0.05) is 0 Å². The van der Waals surface area contributed by atoms with Crippen LogP contribution in [0.25, 0.3) is 0 Å². The maximum Gasteiger partial charge on any atom is 0.229 e. The Hall–Kier alpha value is 0.300. The number of halogens is 1. The van der Waals surface area contributed by atoms with Crippen molar-refractivity contribution in [1.82, 2.24) is 5.09 Å². The number of carbonyl (C=O) groups excluding carboxylic acids is 1. The summed E-state index contributed by atoms with van der Waals surface area (Å²) >= 11 is 1.79. The van der Waals surface area contributed by atoms with Gasteiger partial charge in [0.25, 0.3) is 0 Å². The Morgan fingerprint density at radius 3 is 2.50 bits per heavy atom. The first kappa shape index (κ1) is 8.30. The monoisotopic (exact) mass is 244 g/mol. The van der Waals surface area contributed by atoms with E-state index < -0.39 is 0 Å². The minimum absolute atomic E-state index is 0.144. The second-order valence-electron chi connectivity index (χ2n) is 1.15. The molecule has 0 aliphatic heterocycles. The molecule has 0 aromatic heterocycles. The highest BCUT2D eigenvalue weighted by Gasteiger charge is 1.97. The molecule has 0 spiro atoms. The summed E-state index contributed by atoms with van der Waals surface area (Å²) in [6, 6.07) is 0. The van der Waals surface area contributed by atoms with Crippen molar-refractivity contribution in [3.05, 3.63) is 0 Å². The van der Waals surface area contributed by atoms with Crippen LogP contribution in [-0.4, -0.2) is 9.63 Å². The van der Waals surface area contributed by atoms with Crippen molar-refractivity contribution in [2.24, 2.45) is 0 Å². The van der Waals surface area contributed by atoms with Crippen molar-refractivity contribution >= 4 is 41.6 Å². The predicted molar refractivity (Wildman–Crippen MR) is 44.2 cm³/mol. The molecule has 0 saturated heterocycles. The van der Waals surface area contributed by atoms with Crippen molar-refractivity contribution < 1.29 is 4.79 Å². The van der Waals surface area contributed by atoms with Gasteiger partial charge < -0.3 is 5.09 Å². The topological polar surface area (TPSA) is 53.0 Å². The molecule has 0 rings (SSSR count). The van der Waals surface area contributed by atoms with E-state index in [1.807, 2.05) is 0 Å². The van der Waals surface area contributed by atoms with Gasteiger partial charge in [-0.3, -0.25) is 10.2 Å². The van der Waals surface area contributed by atoms with E-state index in [9.17, 15) is 4.79 Å². The van der Waals surface area contributed by atoms with Crippen LogP contribution >= 0.6 is 32.0 Å². The van der Waals surface area contributed by atoms with Crippen LogP contribution in [0.15, 0.2) is 0 Å². The van der Waals surface area contributed by atoms with Gasteiger partial charge in [0.05, 0.1) is 10.1 Å². The third-order valence-corrected chi connectivity index (χ3v) is 1.18. The van der Waals surface area contributed by atoms with Crippen LogP contribution in [0.1, 0.15) is 6.42 Å². The molecule has 5 heteroatoms. The first-order valence-corrected chi connectivity index (χ1v) is 3.54. The molecule has 0 bridgehead atoms. The summed E-state index contributed by atoms with van der Waals surface area (Å²) in [6.07, 6.45) is 0.185. The van der Waals surface area contributed by atoms with Gasteiger partial charge >= 0.3 is 0 Å². The smallest absolute Gasteiger partial charge is 0.229 e. The molecule has 0 saturated carbocycles. The van der Waals surface area contributed by atoms with E-state index in [1.165, 1.54) is 0 Å². The fraction of sp³-hybridized carbons (Fsp3) is 0.333. The van der Waals surface area contributed by atoms with Gasteiger partial charge in [-0.2, -0.15) is 0 Å². The second kappa shape index (κ2) is 4.21. The molecule has 2 N–H and O–H groups in total. The van der Waals surface area contributed by atoms with Crippen LogP contribution in [-0.2, 0) is 4.79 Å². The lowest BCUT2D eigenvalue weighted by Gasteiger charge is -1.92. The SMILES string of the molecule is N=C(I)CC(=O)NP. The molecule has 0 heterocycles. The predicted octanol–water partition coefficient (Wildman–Crippen LogP) is 0.695. The molecule has 0 fully saturated rings. The van der Waals surface area contributed by atoms with Gasteiger partial charge in [-0.25, -0.2) is 0 Å². The number of hydrogen-bond acceptors (Lipinski definition) is 2. The summed E-state index contributed by atoms with van der Waals surface area (Å²) in [4.78, 5) is 10.3. The first-order valence-electron chi connectivity index (χ1n) is 1.89. The summed E-state index contributed by atoms with van der Waals surface area (Å²) in [5, 5.41) is 9.17. The Bertz CT molecular complexity index is 116. The second-order valence-corrected chi connectivity index (χ2v) is 2.74. The third kappa shape index (κ3) is 4.46. The number of hydrogen-bond donors (Lipinski definition) is 2. The first-order chi connectivity index (χ1) is 3.66. The molecule has 0 aromatic rings. The quantitative estimate of drug-likeness (QED) is 0.419. The number of nitrogens with one attached hydrogen (secondary N) is 2. The normalized spacial score (nSPS) is 8.25. The van der Waals surface area contributed by atoms with Crippen LogP contribution in [0.3, 0.4) is 0 Å². The summed E-state index contributed by atoms with van der Waals surface area (Å²) < 4.78 is 0.350. The Kier molecular flexibility index (Phi) is 4.36. The van der Waals surface area contributed by atoms with Crippen molar-refractivity contribution in [3.63, 3.8) is 0 Å². The van der Waals surface area contributed by atoms with Crippen LogP contribution in [0, 0.1) is 5.41 Å². The van der Waals surface area contributed by atoms with E-state index in [0.717, 1.165) is 0 Å². The van der Waals surface area contributed by atoms with Crippen molar-refractivity contribution in [1.29, 1.82) is 5.41 Å². The van der Waals surface area contributed by atoms with Crippen LogP contribution in [0.4, 0.5) is 0 Å². The summed E-state index contributed by atoms with van der Waals surface area (Å²) in [5.74, 6) is -0.144. The molecule has 0 aliphatic rings. The van der Waals surface area contributed by atoms with E-state index >= 15 is 0 Å². The molecule has 0 radical (unpaired) electrons. The largest absolute Gasteiger partial charge is 0.340 e. The highest BCUT2D eigenvalue weighted by molar-refractivity contribution is 14.1. The van der Waals surface area contributed by atoms with E-state index in [0.29, 0.717) is 3.72 Å². The molecular weight excluding hydrogens is 238 g/mol. The fourth-order valence-electron chi connectivity index (χ4n) is 0.192. The van der Waals surface area contributed by atoms with Crippen LogP contribution in [0.2, 0.25) is 0 Å². The van der Waals surface area contributed by atoms with E-state index in [4.69, 9.17) is 5.41 Å². The van der Waals surface area contributed by atoms with Gasteiger partial charge in [-0.05, 0) is 32.0 Å². The highest BCUT2D eigenvalue weighted by Crippen LogP contribution is 1.92. The zero-order valence-electron chi connectivity index (χ0n) is 4.07. The maximum absolute atomic E-state index is 10.3. The van der Waals surface area contributed by atoms with Gasteiger partial charge in [-0.1, -0.05) is 0 Å². The summed E-state index contributed by atoms with van der Waals surface area (Å²) in [7, 11) is 2.08. The average molecular weight is 244 g/mol. The summed E-state index contributed by atoms with van der Waals surface area (Å²) in [5.41, 5.74) is 0. The molecule has 0 aromatic carbocycles. The lowest BCUT2D eigenvalue weighted by molar-refractivity contribution is -0.118. The van der Waals surface area contributed by atoms with Gasteiger partial charge in [0.1, 0.15) is 0 Å². The Morgan fingerprint density at radius 2 is 2.38 bits per heavy atom. The molecule has 46 valence electrons. The molecular formula is C3H6IN2OP. The Balaban J connectivity index is 3.40. The minimum Gasteiger partial charge on any atom is -0.340 e. The lowest BCUT2D eigenvalue weighted by Crippen LogP contribution is -2.12. The zero-order chi connectivity index (χ0) is 6.57. The lowest BCUT2D eigenvalue weighted by atomic mass is 10.5. The molecule has 0 aliphatic carbocycles. The van der Waals surface area contributed by atoms with Crippen LogP contribution in [0.5, 0.6) is 0 Å². The number of rotatable bonds is 2. The standard InChI is InChI=1S/C3H6IN2OP/c4-2(5)1-3(7)6-8/h5H,1,8H2,(H,6,7). The molecule has 1 amide bonds. The highest BCUT2D eigenvalue weighted by atomic mass is 127. The molecule has 1 unspecified atom stereocenters.